The summed E-state index contributed by atoms with van der Waals surface area (Å²) in [5, 5.41) is 22.2. The maximum Gasteiger partial charge on any atom is 0.562 e. The Morgan fingerprint density at radius 2 is 1.61 bits per heavy atom. The normalized spacial score (nSPS) is 11.3. The first-order chi connectivity index (χ1) is 11.1. The van der Waals surface area contributed by atoms with Crippen LogP contribution >= 0.6 is 0 Å². The van der Waals surface area contributed by atoms with E-state index in [0.29, 0.717) is 5.46 Å². The number of aromatic nitrogens is 4. The molecule has 3 aromatic rings. The molecule has 23 heavy (non-hydrogen) atoms. The lowest BCUT2D eigenvalue weighted by molar-refractivity contribution is 0.330. The summed E-state index contributed by atoms with van der Waals surface area (Å²) in [6.07, 6.45) is 0. The van der Waals surface area contributed by atoms with E-state index in [-0.39, 0.29) is 6.01 Å². The molecule has 0 bridgehead atoms. The molecular formula is C16H17BN4O2. The number of nitrogens with zero attached hydrogens (tertiary/aromatic N) is 4. The van der Waals surface area contributed by atoms with Crippen LogP contribution in [0.5, 0.6) is 6.01 Å². The molecule has 1 heterocycles. The first-order valence-corrected chi connectivity index (χ1v) is 7.33. The largest absolute Gasteiger partial charge is 0.562 e. The third-order valence-electron chi connectivity index (χ3n) is 3.68. The van der Waals surface area contributed by atoms with Crippen LogP contribution in [0, 0.1) is 0 Å². The minimum absolute atomic E-state index is 0.0327. The molecule has 0 amide bonds. The minimum atomic E-state index is -1.13. The fourth-order valence-electron chi connectivity index (χ4n) is 2.23. The molecule has 3 rings (SSSR count). The van der Waals surface area contributed by atoms with Crippen LogP contribution in [0.3, 0.4) is 0 Å². The van der Waals surface area contributed by atoms with E-state index < -0.39 is 12.7 Å². The standard InChI is InChI=1S/C16H17BN4O2/c1-16(2,13-9-5-3-6-10-13)21-19-15(18-20-21)23-17(22)14-11-7-4-8-12-14/h3-12,22H,1-2H3. The summed E-state index contributed by atoms with van der Waals surface area (Å²) >= 11 is 0. The third-order valence-corrected chi connectivity index (χ3v) is 3.68. The Bertz CT molecular complexity index is 762. The van der Waals surface area contributed by atoms with Crippen LogP contribution in [0.2, 0.25) is 0 Å². The van der Waals surface area contributed by atoms with E-state index in [4.69, 9.17) is 4.65 Å². The number of benzene rings is 2. The number of hydrogen-bond acceptors (Lipinski definition) is 5. The van der Waals surface area contributed by atoms with Gasteiger partial charge < -0.3 is 9.68 Å². The molecule has 0 aliphatic rings. The zero-order valence-electron chi connectivity index (χ0n) is 13.0. The monoisotopic (exact) mass is 308 g/mol. The van der Waals surface area contributed by atoms with Crippen molar-refractivity contribution in [2.45, 2.75) is 19.4 Å². The van der Waals surface area contributed by atoms with Crippen LogP contribution in [0.25, 0.3) is 0 Å². The van der Waals surface area contributed by atoms with Crippen molar-refractivity contribution in [3.05, 3.63) is 66.2 Å². The second-order valence-electron chi connectivity index (χ2n) is 5.67. The van der Waals surface area contributed by atoms with E-state index in [1.54, 1.807) is 12.1 Å². The summed E-state index contributed by atoms with van der Waals surface area (Å²) < 4.78 is 5.36. The van der Waals surface area contributed by atoms with Crippen LogP contribution in [0.1, 0.15) is 19.4 Å². The number of rotatable bonds is 5. The van der Waals surface area contributed by atoms with Gasteiger partial charge in [-0.15, -0.1) is 0 Å². The average Bonchev–Trinajstić information content (AvgIpc) is 3.06. The highest BCUT2D eigenvalue weighted by molar-refractivity contribution is 6.60. The van der Waals surface area contributed by atoms with Gasteiger partial charge in [-0.3, -0.25) is 0 Å². The fraction of sp³-hybridized carbons (Fsp3) is 0.188. The molecule has 116 valence electrons. The fourth-order valence-corrected chi connectivity index (χ4v) is 2.23. The lowest BCUT2D eigenvalue weighted by Crippen LogP contribution is -2.37. The minimum Gasteiger partial charge on any atom is -0.501 e. The quantitative estimate of drug-likeness (QED) is 0.718. The average molecular weight is 308 g/mol. The molecular weight excluding hydrogens is 291 g/mol. The van der Waals surface area contributed by atoms with Crippen molar-refractivity contribution in [1.29, 1.82) is 0 Å². The first kappa shape index (κ1) is 15.2. The Morgan fingerprint density at radius 3 is 2.26 bits per heavy atom. The van der Waals surface area contributed by atoms with Gasteiger partial charge in [-0.05, 0) is 30.1 Å². The molecule has 0 spiro atoms. The van der Waals surface area contributed by atoms with Crippen molar-refractivity contribution >= 4 is 12.6 Å². The van der Waals surface area contributed by atoms with Gasteiger partial charge in [0, 0.05) is 0 Å². The predicted octanol–water partition coefficient (Wildman–Crippen LogP) is 1.22. The Balaban J connectivity index is 1.78. The molecule has 0 atom stereocenters. The molecule has 0 radical (unpaired) electrons. The van der Waals surface area contributed by atoms with Gasteiger partial charge in [0.1, 0.15) is 5.54 Å². The number of tetrazole rings is 1. The molecule has 0 aliphatic heterocycles. The Kier molecular flexibility index (Phi) is 4.12. The second-order valence-corrected chi connectivity index (χ2v) is 5.67. The summed E-state index contributed by atoms with van der Waals surface area (Å²) in [5.74, 6) is 0. The van der Waals surface area contributed by atoms with Crippen molar-refractivity contribution in [3.8, 4) is 6.01 Å². The van der Waals surface area contributed by atoms with Crippen molar-refractivity contribution < 1.29 is 9.68 Å². The molecule has 1 aromatic heterocycles. The zero-order valence-corrected chi connectivity index (χ0v) is 13.0. The highest BCUT2D eigenvalue weighted by atomic mass is 16.5. The molecule has 7 heteroatoms. The van der Waals surface area contributed by atoms with Crippen LogP contribution in [-0.4, -0.2) is 32.3 Å². The molecule has 0 unspecified atom stereocenters. The van der Waals surface area contributed by atoms with E-state index in [0.717, 1.165) is 5.56 Å². The molecule has 0 aliphatic carbocycles. The first-order valence-electron chi connectivity index (χ1n) is 7.33. The van der Waals surface area contributed by atoms with Crippen molar-refractivity contribution in [2.75, 3.05) is 0 Å². The van der Waals surface area contributed by atoms with Gasteiger partial charge in [-0.1, -0.05) is 70.9 Å². The van der Waals surface area contributed by atoms with Gasteiger partial charge in [-0.2, -0.15) is 4.80 Å². The smallest absolute Gasteiger partial charge is 0.501 e. The molecule has 1 N–H and O–H groups in total. The van der Waals surface area contributed by atoms with Crippen molar-refractivity contribution in [1.82, 2.24) is 20.2 Å². The summed E-state index contributed by atoms with van der Waals surface area (Å²) in [4.78, 5) is 1.48. The third kappa shape index (κ3) is 3.24. The Morgan fingerprint density at radius 1 is 1.00 bits per heavy atom. The molecule has 2 aromatic carbocycles. The highest BCUT2D eigenvalue weighted by Gasteiger charge is 2.27. The van der Waals surface area contributed by atoms with E-state index in [2.05, 4.69) is 15.4 Å². The summed E-state index contributed by atoms with van der Waals surface area (Å²) in [5.41, 5.74) is 1.20. The van der Waals surface area contributed by atoms with E-state index >= 15 is 0 Å². The van der Waals surface area contributed by atoms with Gasteiger partial charge >= 0.3 is 13.1 Å². The summed E-state index contributed by atoms with van der Waals surface area (Å²) in [7, 11) is -1.13. The highest BCUT2D eigenvalue weighted by Crippen LogP contribution is 2.23. The van der Waals surface area contributed by atoms with Crippen LogP contribution in [0.15, 0.2) is 60.7 Å². The predicted molar refractivity (Wildman–Crippen MR) is 87.4 cm³/mol. The second kappa shape index (κ2) is 6.22. The lowest BCUT2D eigenvalue weighted by Gasteiger charge is -2.23. The maximum atomic E-state index is 10.1. The van der Waals surface area contributed by atoms with Gasteiger partial charge in [0.15, 0.2) is 0 Å². The topological polar surface area (TPSA) is 73.1 Å². The van der Waals surface area contributed by atoms with E-state index in [1.807, 2.05) is 62.4 Å². The van der Waals surface area contributed by atoms with Crippen LogP contribution in [0.4, 0.5) is 0 Å². The Labute approximate surface area is 134 Å². The van der Waals surface area contributed by atoms with Gasteiger partial charge in [0.25, 0.3) is 0 Å². The Hall–Kier alpha value is -2.67. The SMILES string of the molecule is CC(C)(c1ccccc1)n1nnc(OB(O)c2ccccc2)n1. The van der Waals surface area contributed by atoms with Crippen molar-refractivity contribution in [3.63, 3.8) is 0 Å². The van der Waals surface area contributed by atoms with E-state index in [1.165, 1.54) is 4.80 Å². The molecule has 0 fully saturated rings. The summed E-state index contributed by atoms with van der Waals surface area (Å²) in [6, 6.07) is 19.0. The van der Waals surface area contributed by atoms with Crippen molar-refractivity contribution in [2.24, 2.45) is 0 Å². The maximum absolute atomic E-state index is 10.1. The molecule has 0 saturated heterocycles. The zero-order chi connectivity index (χ0) is 16.3. The number of hydrogen-bond donors (Lipinski definition) is 1. The van der Waals surface area contributed by atoms with E-state index in [9.17, 15) is 5.02 Å². The van der Waals surface area contributed by atoms with Gasteiger partial charge in [-0.25, -0.2) is 0 Å². The van der Waals surface area contributed by atoms with Gasteiger partial charge in [0.2, 0.25) is 0 Å². The lowest BCUT2D eigenvalue weighted by atomic mass is 9.80. The molecule has 0 saturated carbocycles. The molecule has 6 nitrogen and oxygen atoms in total. The summed E-state index contributed by atoms with van der Waals surface area (Å²) in [6.45, 7) is 3.98. The van der Waals surface area contributed by atoms with Crippen LogP contribution in [-0.2, 0) is 5.54 Å². The van der Waals surface area contributed by atoms with Gasteiger partial charge in [0.05, 0.1) is 0 Å². The van der Waals surface area contributed by atoms with Crippen LogP contribution < -0.4 is 10.1 Å².